The molecule has 63 heavy (non-hydrogen) atoms. The summed E-state index contributed by atoms with van der Waals surface area (Å²) in [5.74, 6) is 3.32. The highest BCUT2D eigenvalue weighted by Crippen LogP contribution is 2.67. The minimum Gasteiger partial charge on any atom is -0.453 e. The summed E-state index contributed by atoms with van der Waals surface area (Å²) in [5, 5.41) is 49.7. The Labute approximate surface area is 370 Å². The first-order valence-electron chi connectivity index (χ1n) is 20.4. The molecule has 0 bridgehead atoms. The van der Waals surface area contributed by atoms with Gasteiger partial charge in [-0.2, -0.15) is 0 Å². The molecule has 0 saturated carbocycles. The number of aliphatic hydroxyl groups is 5. The number of para-hydroxylation sites is 6. The molecule has 1 saturated heterocycles. The van der Waals surface area contributed by atoms with Crippen LogP contribution in [-0.4, -0.2) is 67.8 Å². The maximum Gasteiger partial charge on any atom is 0.332 e. The first-order valence-corrected chi connectivity index (χ1v) is 23.7. The van der Waals surface area contributed by atoms with Crippen LogP contribution in [-0.2, 0) is 32.1 Å². The summed E-state index contributed by atoms with van der Waals surface area (Å²) >= 11 is 0. The van der Waals surface area contributed by atoms with Crippen molar-refractivity contribution in [3.05, 3.63) is 167 Å². The molecule has 1 fully saturated rings. The predicted molar refractivity (Wildman–Crippen MR) is 244 cm³/mol. The van der Waals surface area contributed by atoms with Crippen molar-refractivity contribution in [3.8, 4) is 46.0 Å². The highest BCUT2D eigenvalue weighted by Gasteiger charge is 2.47. The largest absolute Gasteiger partial charge is 0.453 e. The van der Waals surface area contributed by atoms with Crippen LogP contribution in [0.3, 0.4) is 0 Å². The Morgan fingerprint density at radius 1 is 0.413 bits per heavy atom. The van der Waals surface area contributed by atoms with Crippen molar-refractivity contribution in [2.75, 3.05) is 33.0 Å². The van der Waals surface area contributed by atoms with E-state index in [1.54, 1.807) is 33.5 Å². The van der Waals surface area contributed by atoms with Gasteiger partial charge in [-0.05, 0) is 107 Å². The van der Waals surface area contributed by atoms with Crippen LogP contribution >= 0.6 is 25.8 Å². The Morgan fingerprint density at radius 2 is 0.810 bits per heavy atom. The molecule has 0 aromatic heterocycles. The Kier molecular flexibility index (Phi) is 17.3. The number of hydrogen-bond donors (Lipinski definition) is 6. The summed E-state index contributed by atoms with van der Waals surface area (Å²) in [7, 11) is -4.39. The van der Waals surface area contributed by atoms with E-state index in [1.165, 1.54) is 0 Å². The molecular formula is C46H50N3O11P3. The molecule has 1 aliphatic rings. The average Bonchev–Trinajstić information content (AvgIpc) is 3.30. The van der Waals surface area contributed by atoms with E-state index in [2.05, 4.69) is 4.86 Å². The molecule has 6 aromatic carbocycles. The zero-order valence-electron chi connectivity index (χ0n) is 34.3. The number of nitrogens with zero attached hydrogens (tertiary/aromatic N) is 2. The van der Waals surface area contributed by atoms with E-state index in [1.807, 2.05) is 115 Å². The minimum absolute atomic E-state index is 0.0707. The van der Waals surface area contributed by atoms with Crippen molar-refractivity contribution in [3.63, 3.8) is 0 Å². The van der Waals surface area contributed by atoms with Gasteiger partial charge in [0.2, 0.25) is 5.75 Å². The molecule has 1 aliphatic heterocycles. The van der Waals surface area contributed by atoms with Crippen LogP contribution in [0.25, 0.3) is 0 Å². The molecule has 14 nitrogen and oxygen atoms in total. The Hall–Kier alpha value is -4.91. The molecule has 0 aliphatic carbocycles. The second kappa shape index (κ2) is 23.7. The number of ether oxygens (including phenoxy) is 2. The quantitative estimate of drug-likeness (QED) is 0.0358. The van der Waals surface area contributed by atoms with Gasteiger partial charge in [0.05, 0.1) is 8.88 Å². The third-order valence-corrected chi connectivity index (χ3v) is 14.7. The van der Waals surface area contributed by atoms with Crippen molar-refractivity contribution in [1.29, 1.82) is 0 Å². The molecule has 1 heterocycles. The van der Waals surface area contributed by atoms with Gasteiger partial charge in [-0.1, -0.05) is 97.1 Å². The van der Waals surface area contributed by atoms with Crippen molar-refractivity contribution in [2.45, 2.75) is 32.1 Å². The maximum absolute atomic E-state index is 10.0. The van der Waals surface area contributed by atoms with E-state index >= 15 is 0 Å². The molecule has 17 heteroatoms. The molecule has 0 amide bonds. The molecule has 0 spiro atoms. The Bertz CT molecular complexity index is 2380. The van der Waals surface area contributed by atoms with Crippen LogP contribution in [0.5, 0.6) is 46.0 Å². The lowest BCUT2D eigenvalue weighted by Crippen LogP contribution is -2.37. The first kappa shape index (κ1) is 46.1. The summed E-state index contributed by atoms with van der Waals surface area (Å²) in [6.07, 6.45) is 1.72. The molecule has 0 radical (unpaired) electrons. The Morgan fingerprint density at radius 3 is 1.33 bits per heavy atom. The fraction of sp³-hybridized carbons (Fsp3) is 0.217. The summed E-state index contributed by atoms with van der Waals surface area (Å²) in [4.78, 5) is 17.0. The van der Waals surface area contributed by atoms with Crippen LogP contribution in [0.1, 0.15) is 27.8 Å². The molecule has 330 valence electrons. The lowest BCUT2D eigenvalue weighted by Gasteiger charge is -2.42. The lowest BCUT2D eigenvalue weighted by atomic mass is 10.1. The fourth-order valence-electron chi connectivity index (χ4n) is 6.53. The molecule has 6 N–H and O–H groups in total. The molecular weight excluding hydrogens is 863 g/mol. The van der Waals surface area contributed by atoms with Gasteiger partial charge < -0.3 is 53.7 Å². The lowest BCUT2D eigenvalue weighted by molar-refractivity contribution is 0.0657. The van der Waals surface area contributed by atoms with E-state index in [0.717, 1.165) is 27.8 Å². The van der Waals surface area contributed by atoms with Crippen molar-refractivity contribution >= 4 is 25.8 Å². The highest BCUT2D eigenvalue weighted by atomic mass is 31.3. The van der Waals surface area contributed by atoms with Crippen molar-refractivity contribution in [2.24, 2.45) is 0 Å². The summed E-state index contributed by atoms with van der Waals surface area (Å²) < 4.78 is 30.5. The smallest absolute Gasteiger partial charge is 0.332 e. The molecule has 7 rings (SSSR count). The summed E-state index contributed by atoms with van der Waals surface area (Å²) in [6.45, 7) is -0.465. The molecule has 6 aromatic rings. The number of hydrogen-bond acceptors (Lipinski definition) is 14. The predicted octanol–water partition coefficient (Wildman–Crippen LogP) is 8.56. The van der Waals surface area contributed by atoms with Crippen LogP contribution in [0, 0.1) is 0 Å². The van der Waals surface area contributed by atoms with Crippen molar-refractivity contribution in [1.82, 2.24) is 14.1 Å². The third kappa shape index (κ3) is 12.0. The molecule has 3 unspecified atom stereocenters. The van der Waals surface area contributed by atoms with Gasteiger partial charge in [0.15, 0.2) is 23.0 Å². The zero-order chi connectivity index (χ0) is 43.8. The van der Waals surface area contributed by atoms with Crippen LogP contribution in [0.4, 0.5) is 0 Å². The van der Waals surface area contributed by atoms with Gasteiger partial charge in [0.1, 0.15) is 17.2 Å². The van der Waals surface area contributed by atoms with Gasteiger partial charge in [0.25, 0.3) is 8.45 Å². The van der Waals surface area contributed by atoms with E-state index in [0.29, 0.717) is 66.6 Å². The van der Waals surface area contributed by atoms with E-state index < -0.39 is 16.9 Å². The third-order valence-electron chi connectivity index (χ3n) is 9.57. The topological polar surface area (TPSA) is 175 Å². The standard InChI is InChI=1S/C46H50N3O11P3/c50-29-24-34-12-1-6-17-39(34)55-44-22-11-23-45(46(44)56-40-18-7-2-13-35(40)25-30-51)59-62-47-61-48(57-41-19-8-3-14-36(41)26-31-52)63(60-43-21-10-5-16-38(43)28-33-54)49(62)58-42-20-9-4-15-37(42)27-32-53/h1-23,47,50-54,61H,24-33H2. The normalized spacial score (nSPS) is 15.8. The highest BCUT2D eigenvalue weighted by molar-refractivity contribution is 7.74. The van der Waals surface area contributed by atoms with Gasteiger partial charge in [-0.3, -0.25) is 0 Å². The van der Waals surface area contributed by atoms with E-state index in [-0.39, 0.29) is 53.4 Å². The minimum atomic E-state index is -2.11. The summed E-state index contributed by atoms with van der Waals surface area (Å²) in [6, 6.07) is 42.4. The second-order valence-electron chi connectivity index (χ2n) is 13.8. The zero-order valence-corrected chi connectivity index (χ0v) is 37.1. The van der Waals surface area contributed by atoms with Crippen LogP contribution in [0.2, 0.25) is 0 Å². The first-order chi connectivity index (χ1) is 31.0. The SMILES string of the molecule is OCCc1ccccc1Oc1cccc(OP2NPN(Oc3ccccc3CCO)P(Oc3ccccc3CCO)N2Oc2ccccc2CCO)c1Oc1ccccc1CCO. The Balaban J connectivity index is 1.35. The molecule has 3 atom stereocenters. The average molecular weight is 914 g/mol. The van der Waals surface area contributed by atoms with E-state index in [9.17, 15) is 25.5 Å². The van der Waals surface area contributed by atoms with Crippen LogP contribution < -0.4 is 33.1 Å². The van der Waals surface area contributed by atoms with Gasteiger partial charge in [-0.15, -0.1) is 0 Å². The fourth-order valence-corrected chi connectivity index (χ4v) is 12.1. The van der Waals surface area contributed by atoms with Crippen molar-refractivity contribution < 1.29 is 53.7 Å². The van der Waals surface area contributed by atoms with Gasteiger partial charge >= 0.3 is 8.45 Å². The maximum atomic E-state index is 10.0. The summed E-state index contributed by atoms with van der Waals surface area (Å²) in [5.41, 5.74) is 3.84. The van der Waals surface area contributed by atoms with Gasteiger partial charge in [0, 0.05) is 37.6 Å². The second-order valence-corrected chi connectivity index (χ2v) is 18.6. The van der Waals surface area contributed by atoms with E-state index in [4.69, 9.17) is 28.2 Å². The number of benzene rings is 6. The number of rotatable bonds is 22. The monoisotopic (exact) mass is 913 g/mol. The number of aliphatic hydroxyl groups excluding tert-OH is 5. The van der Waals surface area contributed by atoms with Crippen LogP contribution in [0.15, 0.2) is 140 Å². The number of nitrogens with one attached hydrogen (secondary N) is 1. The van der Waals surface area contributed by atoms with Gasteiger partial charge in [-0.25, -0.2) is 4.86 Å².